The summed E-state index contributed by atoms with van der Waals surface area (Å²) in [6.45, 7) is 3.98. The van der Waals surface area contributed by atoms with Gasteiger partial charge in [0.15, 0.2) is 0 Å². The van der Waals surface area contributed by atoms with E-state index in [1.807, 2.05) is 13.8 Å². The second kappa shape index (κ2) is 2.00. The Bertz CT molecular complexity index is 284. The van der Waals surface area contributed by atoms with Crippen molar-refractivity contribution in [3.63, 3.8) is 0 Å². The minimum absolute atomic E-state index is 0.649. The van der Waals surface area contributed by atoms with Gasteiger partial charge >= 0.3 is 0 Å². The Labute approximate surface area is 66.2 Å². The number of anilines is 1. The van der Waals surface area contributed by atoms with Crippen molar-refractivity contribution in [3.05, 3.63) is 11.5 Å². The predicted octanol–water partition coefficient (Wildman–Crippen LogP) is 1.42. The number of nitrogen functional groups attached to an aromatic ring is 1. The predicted molar refractivity (Wildman–Crippen MR) is 44.4 cm³/mol. The van der Waals surface area contributed by atoms with Crippen LogP contribution in [0.4, 0.5) is 5.82 Å². The topological polar surface area (TPSA) is 43.8 Å². The highest BCUT2D eigenvalue weighted by Gasteiger charge is 2.27. The molecular weight excluding hydrogens is 138 g/mol. The summed E-state index contributed by atoms with van der Waals surface area (Å²) >= 11 is 0. The molecule has 0 atom stereocenters. The van der Waals surface area contributed by atoms with Gasteiger partial charge < -0.3 is 10.3 Å². The van der Waals surface area contributed by atoms with Crippen molar-refractivity contribution in [2.75, 3.05) is 5.73 Å². The molecule has 0 saturated heterocycles. The molecule has 1 fully saturated rings. The SMILES string of the molecule is Cc1nc(C)n(C2CC2)c1N. The molecule has 0 radical (unpaired) electrons. The maximum atomic E-state index is 5.84. The highest BCUT2D eigenvalue weighted by atomic mass is 15.2. The molecule has 1 aromatic heterocycles. The van der Waals surface area contributed by atoms with Gasteiger partial charge in [-0.2, -0.15) is 0 Å². The average molecular weight is 151 g/mol. The quantitative estimate of drug-likeness (QED) is 0.659. The lowest BCUT2D eigenvalue weighted by Gasteiger charge is -2.03. The van der Waals surface area contributed by atoms with Crippen molar-refractivity contribution in [3.8, 4) is 0 Å². The molecule has 1 aromatic rings. The van der Waals surface area contributed by atoms with Crippen LogP contribution < -0.4 is 5.73 Å². The van der Waals surface area contributed by atoms with E-state index in [0.29, 0.717) is 6.04 Å². The molecule has 0 spiro atoms. The van der Waals surface area contributed by atoms with Gasteiger partial charge in [0, 0.05) is 6.04 Å². The molecule has 0 aromatic carbocycles. The molecule has 0 aliphatic heterocycles. The van der Waals surface area contributed by atoms with Crippen molar-refractivity contribution in [2.24, 2.45) is 0 Å². The van der Waals surface area contributed by atoms with E-state index in [0.717, 1.165) is 17.3 Å². The zero-order valence-electron chi connectivity index (χ0n) is 6.96. The van der Waals surface area contributed by atoms with E-state index in [1.54, 1.807) is 0 Å². The van der Waals surface area contributed by atoms with Crippen LogP contribution in [0.2, 0.25) is 0 Å². The molecule has 0 bridgehead atoms. The third-order valence-electron chi connectivity index (χ3n) is 2.22. The van der Waals surface area contributed by atoms with Crippen LogP contribution in [0.25, 0.3) is 0 Å². The van der Waals surface area contributed by atoms with Crippen LogP contribution in [0.5, 0.6) is 0 Å². The summed E-state index contributed by atoms with van der Waals surface area (Å²) in [5.74, 6) is 1.91. The minimum Gasteiger partial charge on any atom is -0.384 e. The molecule has 1 heterocycles. The number of imidazole rings is 1. The summed E-state index contributed by atoms with van der Waals surface area (Å²) < 4.78 is 2.15. The zero-order valence-corrected chi connectivity index (χ0v) is 6.96. The van der Waals surface area contributed by atoms with Crippen LogP contribution in [0.3, 0.4) is 0 Å². The van der Waals surface area contributed by atoms with Crippen molar-refractivity contribution < 1.29 is 0 Å². The monoisotopic (exact) mass is 151 g/mol. The van der Waals surface area contributed by atoms with Crippen LogP contribution in [0, 0.1) is 13.8 Å². The number of aryl methyl sites for hydroxylation is 2. The van der Waals surface area contributed by atoms with E-state index in [1.165, 1.54) is 12.8 Å². The maximum Gasteiger partial charge on any atom is 0.126 e. The Hall–Kier alpha value is -0.990. The van der Waals surface area contributed by atoms with Gasteiger partial charge in [0.25, 0.3) is 0 Å². The minimum atomic E-state index is 0.649. The lowest BCUT2D eigenvalue weighted by Crippen LogP contribution is -2.02. The van der Waals surface area contributed by atoms with Gasteiger partial charge in [-0.1, -0.05) is 0 Å². The fourth-order valence-electron chi connectivity index (χ4n) is 1.50. The van der Waals surface area contributed by atoms with Crippen LogP contribution in [-0.4, -0.2) is 9.55 Å². The third kappa shape index (κ3) is 0.914. The summed E-state index contributed by atoms with van der Waals surface area (Å²) in [7, 11) is 0. The van der Waals surface area contributed by atoms with Crippen molar-refractivity contribution >= 4 is 5.82 Å². The molecule has 0 amide bonds. The lowest BCUT2D eigenvalue weighted by atomic mass is 10.5. The highest BCUT2D eigenvalue weighted by molar-refractivity contribution is 5.38. The fraction of sp³-hybridized carbons (Fsp3) is 0.625. The van der Waals surface area contributed by atoms with E-state index in [2.05, 4.69) is 9.55 Å². The normalized spacial score (nSPS) is 17.3. The Morgan fingerprint density at radius 3 is 2.45 bits per heavy atom. The standard InChI is InChI=1S/C8H13N3/c1-5-8(9)11(6(2)10-5)7-3-4-7/h7H,3-4,9H2,1-2H3. The molecule has 1 aliphatic rings. The molecule has 11 heavy (non-hydrogen) atoms. The fourth-order valence-corrected chi connectivity index (χ4v) is 1.50. The van der Waals surface area contributed by atoms with E-state index < -0.39 is 0 Å². The summed E-state index contributed by atoms with van der Waals surface area (Å²) in [5.41, 5.74) is 6.81. The number of nitrogens with two attached hydrogens (primary N) is 1. The van der Waals surface area contributed by atoms with Crippen LogP contribution in [0.15, 0.2) is 0 Å². The van der Waals surface area contributed by atoms with Gasteiger partial charge in [-0.25, -0.2) is 4.98 Å². The summed E-state index contributed by atoms with van der Waals surface area (Å²) in [6.07, 6.45) is 2.53. The summed E-state index contributed by atoms with van der Waals surface area (Å²) in [4.78, 5) is 4.31. The van der Waals surface area contributed by atoms with Crippen LogP contribution in [-0.2, 0) is 0 Å². The maximum absolute atomic E-state index is 5.84. The molecular formula is C8H13N3. The first kappa shape index (κ1) is 6.70. The Balaban J connectivity index is 2.50. The summed E-state index contributed by atoms with van der Waals surface area (Å²) in [5, 5.41) is 0. The van der Waals surface area contributed by atoms with Gasteiger partial charge in [0.2, 0.25) is 0 Å². The first-order valence-corrected chi connectivity index (χ1v) is 4.01. The van der Waals surface area contributed by atoms with E-state index in [9.17, 15) is 0 Å². The van der Waals surface area contributed by atoms with Gasteiger partial charge in [-0.15, -0.1) is 0 Å². The first-order valence-electron chi connectivity index (χ1n) is 4.01. The smallest absolute Gasteiger partial charge is 0.126 e. The van der Waals surface area contributed by atoms with Crippen molar-refractivity contribution in [2.45, 2.75) is 32.7 Å². The number of hydrogen-bond donors (Lipinski definition) is 1. The molecule has 0 unspecified atom stereocenters. The van der Waals surface area contributed by atoms with E-state index in [4.69, 9.17) is 5.73 Å². The third-order valence-corrected chi connectivity index (χ3v) is 2.22. The molecule has 1 aliphatic carbocycles. The number of rotatable bonds is 1. The van der Waals surface area contributed by atoms with E-state index in [-0.39, 0.29) is 0 Å². The number of hydrogen-bond acceptors (Lipinski definition) is 2. The Kier molecular flexibility index (Phi) is 1.22. The molecule has 3 heteroatoms. The van der Waals surface area contributed by atoms with Crippen molar-refractivity contribution in [1.82, 2.24) is 9.55 Å². The van der Waals surface area contributed by atoms with Crippen molar-refractivity contribution in [1.29, 1.82) is 0 Å². The molecule has 2 N–H and O–H groups in total. The summed E-state index contributed by atoms with van der Waals surface area (Å²) in [6, 6.07) is 0.649. The van der Waals surface area contributed by atoms with E-state index >= 15 is 0 Å². The Morgan fingerprint density at radius 2 is 2.09 bits per heavy atom. The average Bonchev–Trinajstić information content (AvgIpc) is 2.68. The molecule has 60 valence electrons. The number of aromatic nitrogens is 2. The van der Waals surface area contributed by atoms with Gasteiger partial charge in [0.1, 0.15) is 11.6 Å². The molecule has 2 rings (SSSR count). The van der Waals surface area contributed by atoms with Gasteiger partial charge in [-0.3, -0.25) is 0 Å². The van der Waals surface area contributed by atoms with Crippen LogP contribution in [0.1, 0.15) is 30.4 Å². The lowest BCUT2D eigenvalue weighted by molar-refractivity contribution is 0.720. The second-order valence-corrected chi connectivity index (χ2v) is 3.23. The second-order valence-electron chi connectivity index (χ2n) is 3.23. The molecule has 1 saturated carbocycles. The van der Waals surface area contributed by atoms with Gasteiger partial charge in [0.05, 0.1) is 5.69 Å². The highest BCUT2D eigenvalue weighted by Crippen LogP contribution is 2.38. The molecule has 3 nitrogen and oxygen atoms in total. The number of nitrogens with zero attached hydrogens (tertiary/aromatic N) is 2. The largest absolute Gasteiger partial charge is 0.384 e. The van der Waals surface area contributed by atoms with Crippen LogP contribution >= 0.6 is 0 Å². The van der Waals surface area contributed by atoms with Gasteiger partial charge in [-0.05, 0) is 26.7 Å². The zero-order chi connectivity index (χ0) is 8.01. The Morgan fingerprint density at radius 1 is 1.45 bits per heavy atom. The first-order chi connectivity index (χ1) is 5.20.